The van der Waals surface area contributed by atoms with Gasteiger partial charge < -0.3 is 14.8 Å². The number of rotatable bonds is 7. The van der Waals surface area contributed by atoms with Crippen molar-refractivity contribution in [2.45, 2.75) is 52.9 Å². The Kier molecular flexibility index (Phi) is 7.11. The molecular formula is C24H33NO3. The summed E-state index contributed by atoms with van der Waals surface area (Å²) in [6, 6.07) is 12.0. The van der Waals surface area contributed by atoms with Gasteiger partial charge >= 0.3 is 0 Å². The van der Waals surface area contributed by atoms with Crippen molar-refractivity contribution in [1.82, 2.24) is 5.32 Å². The third kappa shape index (κ3) is 5.51. The molecule has 0 spiro atoms. The molecule has 0 saturated carbocycles. The second kappa shape index (κ2) is 9.13. The quantitative estimate of drug-likeness (QED) is 0.666. The zero-order valence-electron chi connectivity index (χ0n) is 18.2. The Labute approximate surface area is 169 Å². The number of aryl methyl sites for hydroxylation is 1. The van der Waals surface area contributed by atoms with Crippen molar-refractivity contribution in [1.29, 1.82) is 0 Å². The average Bonchev–Trinajstić information content (AvgIpc) is 2.64. The smallest absolute Gasteiger partial charge is 0.251 e. The van der Waals surface area contributed by atoms with Gasteiger partial charge in [0, 0.05) is 5.56 Å². The van der Waals surface area contributed by atoms with Gasteiger partial charge in [0.05, 0.1) is 13.7 Å². The van der Waals surface area contributed by atoms with Crippen molar-refractivity contribution >= 4 is 5.91 Å². The molecule has 2 rings (SSSR count). The zero-order valence-corrected chi connectivity index (χ0v) is 18.2. The van der Waals surface area contributed by atoms with Crippen LogP contribution in [0.4, 0.5) is 0 Å². The predicted octanol–water partition coefficient (Wildman–Crippen LogP) is 5.23. The Morgan fingerprint density at radius 2 is 1.75 bits per heavy atom. The van der Waals surface area contributed by atoms with Crippen molar-refractivity contribution in [2.75, 3.05) is 20.3 Å². The van der Waals surface area contributed by atoms with Gasteiger partial charge in [-0.2, -0.15) is 0 Å². The lowest BCUT2D eigenvalue weighted by atomic mass is 9.87. The van der Waals surface area contributed by atoms with Crippen molar-refractivity contribution in [3.63, 3.8) is 0 Å². The van der Waals surface area contributed by atoms with Crippen LogP contribution in [0, 0.1) is 6.92 Å². The monoisotopic (exact) mass is 383 g/mol. The summed E-state index contributed by atoms with van der Waals surface area (Å²) in [5.74, 6) is 1.83. The first-order valence-electron chi connectivity index (χ1n) is 9.83. The number of carbonyl (C=O) groups is 1. The highest BCUT2D eigenvalue weighted by Crippen LogP contribution is 2.29. The van der Waals surface area contributed by atoms with E-state index in [0.29, 0.717) is 18.7 Å². The van der Waals surface area contributed by atoms with Crippen molar-refractivity contribution in [2.24, 2.45) is 0 Å². The summed E-state index contributed by atoms with van der Waals surface area (Å²) in [5.41, 5.74) is 4.01. The molecule has 1 amide bonds. The van der Waals surface area contributed by atoms with E-state index in [1.54, 1.807) is 7.11 Å². The highest BCUT2D eigenvalue weighted by Gasteiger charge is 2.16. The molecule has 0 saturated heterocycles. The van der Waals surface area contributed by atoms with E-state index < -0.39 is 0 Å². The van der Waals surface area contributed by atoms with Crippen LogP contribution in [0.2, 0.25) is 0 Å². The fourth-order valence-corrected chi connectivity index (χ4v) is 3.05. The number of hydrogen-bond acceptors (Lipinski definition) is 3. The molecule has 0 aromatic heterocycles. The second-order valence-electron chi connectivity index (χ2n) is 8.44. The number of hydrogen-bond donors (Lipinski definition) is 1. The van der Waals surface area contributed by atoms with E-state index in [1.165, 1.54) is 5.56 Å². The van der Waals surface area contributed by atoms with Crippen LogP contribution in [0.3, 0.4) is 0 Å². The number of methoxy groups -OCH3 is 1. The van der Waals surface area contributed by atoms with Crippen LogP contribution in [0.1, 0.15) is 67.6 Å². The average molecular weight is 384 g/mol. The maximum absolute atomic E-state index is 12.6. The minimum absolute atomic E-state index is 0.0891. The van der Waals surface area contributed by atoms with Crippen LogP contribution in [-0.2, 0) is 5.41 Å². The maximum Gasteiger partial charge on any atom is 0.251 e. The van der Waals surface area contributed by atoms with E-state index in [2.05, 4.69) is 52.1 Å². The van der Waals surface area contributed by atoms with E-state index in [-0.39, 0.29) is 17.2 Å². The van der Waals surface area contributed by atoms with Crippen molar-refractivity contribution < 1.29 is 14.3 Å². The van der Waals surface area contributed by atoms with E-state index in [1.807, 2.05) is 31.2 Å². The predicted molar refractivity (Wildman–Crippen MR) is 115 cm³/mol. The van der Waals surface area contributed by atoms with E-state index >= 15 is 0 Å². The molecule has 1 N–H and O–H groups in total. The van der Waals surface area contributed by atoms with Crippen LogP contribution in [-0.4, -0.2) is 26.2 Å². The highest BCUT2D eigenvalue weighted by molar-refractivity contribution is 5.96. The van der Waals surface area contributed by atoms with Crippen molar-refractivity contribution in [3.05, 3.63) is 58.7 Å². The van der Waals surface area contributed by atoms with E-state index in [9.17, 15) is 4.79 Å². The lowest BCUT2D eigenvalue weighted by Crippen LogP contribution is -2.28. The fourth-order valence-electron chi connectivity index (χ4n) is 3.05. The standard InChI is InChI=1S/C24H33NO3/c1-16(2)20-15-21(17(3)14-22(20)27-7)23(26)25-12-13-28-19-10-8-18(9-11-19)24(4,5)6/h8-11,14-16H,12-13H2,1-7H3,(H,25,26). The Morgan fingerprint density at radius 1 is 1.11 bits per heavy atom. The van der Waals surface area contributed by atoms with Gasteiger partial charge in [-0.25, -0.2) is 0 Å². The number of benzene rings is 2. The first kappa shape index (κ1) is 21.8. The van der Waals surface area contributed by atoms with Gasteiger partial charge in [-0.3, -0.25) is 4.79 Å². The minimum Gasteiger partial charge on any atom is -0.496 e. The molecule has 0 aliphatic heterocycles. The number of carbonyl (C=O) groups excluding carboxylic acids is 1. The van der Waals surface area contributed by atoms with Crippen LogP contribution in [0.25, 0.3) is 0 Å². The molecule has 0 radical (unpaired) electrons. The summed E-state index contributed by atoms with van der Waals surface area (Å²) >= 11 is 0. The Bertz CT molecular complexity index is 802. The van der Waals surface area contributed by atoms with Gasteiger partial charge in [0.25, 0.3) is 5.91 Å². The number of ether oxygens (including phenoxy) is 2. The topological polar surface area (TPSA) is 47.6 Å². The summed E-state index contributed by atoms with van der Waals surface area (Å²) in [6.45, 7) is 13.5. The SMILES string of the molecule is COc1cc(C)c(C(=O)NCCOc2ccc(C(C)(C)C)cc2)cc1C(C)C. The van der Waals surface area contributed by atoms with E-state index in [4.69, 9.17) is 9.47 Å². The first-order valence-corrected chi connectivity index (χ1v) is 9.83. The largest absolute Gasteiger partial charge is 0.496 e. The summed E-state index contributed by atoms with van der Waals surface area (Å²) < 4.78 is 11.2. The summed E-state index contributed by atoms with van der Waals surface area (Å²) in [7, 11) is 1.66. The molecular weight excluding hydrogens is 350 g/mol. The molecule has 0 atom stereocenters. The highest BCUT2D eigenvalue weighted by atomic mass is 16.5. The molecule has 0 heterocycles. The molecule has 2 aromatic carbocycles. The third-order valence-corrected chi connectivity index (χ3v) is 4.82. The lowest BCUT2D eigenvalue weighted by molar-refractivity contribution is 0.0946. The van der Waals surface area contributed by atoms with Gasteiger partial charge in [-0.1, -0.05) is 46.8 Å². The molecule has 2 aromatic rings. The lowest BCUT2D eigenvalue weighted by Gasteiger charge is -2.19. The molecule has 28 heavy (non-hydrogen) atoms. The molecule has 0 aliphatic rings. The Balaban J connectivity index is 1.93. The molecule has 4 nitrogen and oxygen atoms in total. The van der Waals surface area contributed by atoms with E-state index in [0.717, 1.165) is 22.6 Å². The zero-order chi connectivity index (χ0) is 20.9. The number of amides is 1. The van der Waals surface area contributed by atoms with Crippen LogP contribution < -0.4 is 14.8 Å². The van der Waals surface area contributed by atoms with Gasteiger partial charge in [0.15, 0.2) is 0 Å². The van der Waals surface area contributed by atoms with Crippen molar-refractivity contribution in [3.8, 4) is 11.5 Å². The molecule has 0 bridgehead atoms. The van der Waals surface area contributed by atoms with Gasteiger partial charge in [0.1, 0.15) is 18.1 Å². The number of nitrogens with one attached hydrogen (secondary N) is 1. The van der Waals surface area contributed by atoms with Crippen LogP contribution >= 0.6 is 0 Å². The summed E-state index contributed by atoms with van der Waals surface area (Å²) in [4.78, 5) is 12.6. The first-order chi connectivity index (χ1) is 13.1. The third-order valence-electron chi connectivity index (χ3n) is 4.82. The molecule has 152 valence electrons. The Morgan fingerprint density at radius 3 is 2.29 bits per heavy atom. The van der Waals surface area contributed by atoms with Gasteiger partial charge in [-0.15, -0.1) is 0 Å². The Hall–Kier alpha value is -2.49. The fraction of sp³-hybridized carbons (Fsp3) is 0.458. The summed E-state index contributed by atoms with van der Waals surface area (Å²) in [6.07, 6.45) is 0. The molecule has 0 aliphatic carbocycles. The normalized spacial score (nSPS) is 11.4. The molecule has 0 fully saturated rings. The second-order valence-corrected chi connectivity index (χ2v) is 8.44. The maximum atomic E-state index is 12.6. The van der Waals surface area contributed by atoms with Crippen LogP contribution in [0.5, 0.6) is 11.5 Å². The molecule has 0 unspecified atom stereocenters. The van der Waals surface area contributed by atoms with Crippen LogP contribution in [0.15, 0.2) is 36.4 Å². The minimum atomic E-state index is -0.0891. The molecule has 4 heteroatoms. The van der Waals surface area contributed by atoms with Gasteiger partial charge in [-0.05, 0) is 59.2 Å². The summed E-state index contributed by atoms with van der Waals surface area (Å²) in [5, 5.41) is 2.94. The van der Waals surface area contributed by atoms with Gasteiger partial charge in [0.2, 0.25) is 0 Å².